The van der Waals surface area contributed by atoms with Gasteiger partial charge >= 0.3 is 12.0 Å². The van der Waals surface area contributed by atoms with Gasteiger partial charge in [0, 0.05) is 23.0 Å². The van der Waals surface area contributed by atoms with Crippen LogP contribution >= 0.6 is 11.3 Å². The van der Waals surface area contributed by atoms with E-state index in [4.69, 9.17) is 4.74 Å². The zero-order chi connectivity index (χ0) is 19.4. The number of aromatic hydroxyl groups is 1. The van der Waals surface area contributed by atoms with Crippen molar-refractivity contribution in [1.29, 1.82) is 0 Å². The highest BCUT2D eigenvalue weighted by atomic mass is 32.1. The molecule has 140 valence electrons. The van der Waals surface area contributed by atoms with Crippen LogP contribution in [-0.2, 0) is 11.3 Å². The molecule has 0 fully saturated rings. The molecule has 3 rings (SSSR count). The number of urea groups is 1. The molecule has 2 N–H and O–H groups in total. The van der Waals surface area contributed by atoms with Crippen molar-refractivity contribution in [3.8, 4) is 5.75 Å². The summed E-state index contributed by atoms with van der Waals surface area (Å²) in [7, 11) is 1.66. The summed E-state index contributed by atoms with van der Waals surface area (Å²) < 4.78 is 5.97. The fourth-order valence-corrected chi connectivity index (χ4v) is 3.55. The van der Waals surface area contributed by atoms with E-state index in [-0.39, 0.29) is 24.3 Å². The number of para-hydroxylation sites is 1. The number of carbonyl (C=O) groups is 2. The summed E-state index contributed by atoms with van der Waals surface area (Å²) in [4.78, 5) is 26.3. The maximum absolute atomic E-state index is 12.4. The number of ether oxygens (including phenoxy) is 1. The molecule has 0 aliphatic heterocycles. The van der Waals surface area contributed by atoms with Crippen LogP contribution in [0.15, 0.2) is 48.5 Å². The van der Waals surface area contributed by atoms with Crippen LogP contribution in [0.3, 0.4) is 0 Å². The highest BCUT2D eigenvalue weighted by Crippen LogP contribution is 2.29. The van der Waals surface area contributed by atoms with Crippen molar-refractivity contribution in [2.45, 2.75) is 13.5 Å². The Kier molecular flexibility index (Phi) is 5.61. The predicted molar refractivity (Wildman–Crippen MR) is 106 cm³/mol. The summed E-state index contributed by atoms with van der Waals surface area (Å²) in [5.41, 5.74) is 1.30. The number of anilines is 1. The molecule has 0 aliphatic rings. The fraction of sp³-hybridized carbons (Fsp3) is 0.200. The quantitative estimate of drug-likeness (QED) is 0.637. The van der Waals surface area contributed by atoms with E-state index in [0.717, 1.165) is 10.1 Å². The van der Waals surface area contributed by atoms with Gasteiger partial charge in [0.15, 0.2) is 0 Å². The second kappa shape index (κ2) is 8.09. The third-order valence-corrected chi connectivity index (χ3v) is 5.09. The van der Waals surface area contributed by atoms with E-state index in [9.17, 15) is 14.7 Å². The van der Waals surface area contributed by atoms with Crippen molar-refractivity contribution in [2.24, 2.45) is 0 Å². The largest absolute Gasteiger partial charge is 0.508 e. The van der Waals surface area contributed by atoms with Crippen LogP contribution < -0.4 is 5.32 Å². The van der Waals surface area contributed by atoms with Gasteiger partial charge in [-0.05, 0) is 42.6 Å². The normalized spacial score (nSPS) is 10.6. The molecule has 0 saturated heterocycles. The number of hydrogen-bond donors (Lipinski definition) is 2. The van der Waals surface area contributed by atoms with E-state index < -0.39 is 0 Å². The van der Waals surface area contributed by atoms with E-state index in [0.29, 0.717) is 22.7 Å². The lowest BCUT2D eigenvalue weighted by Crippen LogP contribution is -2.30. The van der Waals surface area contributed by atoms with Crippen LogP contribution in [0.1, 0.15) is 22.2 Å². The maximum atomic E-state index is 12.4. The van der Waals surface area contributed by atoms with E-state index in [2.05, 4.69) is 5.32 Å². The Morgan fingerprint density at radius 3 is 2.70 bits per heavy atom. The molecule has 0 spiro atoms. The molecule has 1 heterocycles. The van der Waals surface area contributed by atoms with Crippen molar-refractivity contribution < 1.29 is 19.4 Å². The number of thiophene rings is 1. The standard InChI is InChI=1S/C20H20N2O4S/c1-3-26-19(24)18-11-14-10-15(8-9-17(14)27-18)21-20(25)22(2)12-13-6-4-5-7-16(13)23/h4-11,23H,3,12H2,1-2H3,(H,21,25). The van der Waals surface area contributed by atoms with Crippen LogP contribution in [0.5, 0.6) is 5.75 Å². The van der Waals surface area contributed by atoms with Crippen molar-refractivity contribution in [3.63, 3.8) is 0 Å². The molecule has 0 unspecified atom stereocenters. The highest BCUT2D eigenvalue weighted by molar-refractivity contribution is 7.20. The molecule has 0 aliphatic carbocycles. The van der Waals surface area contributed by atoms with Gasteiger partial charge in [-0.1, -0.05) is 18.2 Å². The number of esters is 1. The Hall–Kier alpha value is -3.06. The van der Waals surface area contributed by atoms with Gasteiger partial charge in [0.1, 0.15) is 10.6 Å². The number of nitrogens with zero attached hydrogens (tertiary/aromatic N) is 1. The number of fused-ring (bicyclic) bond motifs is 1. The number of amides is 2. The Morgan fingerprint density at radius 2 is 1.96 bits per heavy atom. The Bertz CT molecular complexity index is 983. The molecule has 7 heteroatoms. The van der Waals surface area contributed by atoms with Gasteiger partial charge in [-0.15, -0.1) is 11.3 Å². The molecule has 2 amide bonds. The molecule has 3 aromatic rings. The highest BCUT2D eigenvalue weighted by Gasteiger charge is 2.14. The summed E-state index contributed by atoms with van der Waals surface area (Å²) in [6.07, 6.45) is 0. The SMILES string of the molecule is CCOC(=O)c1cc2cc(NC(=O)N(C)Cc3ccccc3O)ccc2s1. The minimum Gasteiger partial charge on any atom is -0.508 e. The minimum absolute atomic E-state index is 0.156. The van der Waals surface area contributed by atoms with Gasteiger partial charge in [-0.2, -0.15) is 0 Å². The lowest BCUT2D eigenvalue weighted by Gasteiger charge is -2.18. The van der Waals surface area contributed by atoms with Crippen LogP contribution in [-0.4, -0.2) is 35.7 Å². The predicted octanol–water partition coefficient (Wildman–Crippen LogP) is 4.45. The summed E-state index contributed by atoms with van der Waals surface area (Å²) in [5, 5.41) is 13.5. The number of nitrogens with one attached hydrogen (secondary N) is 1. The summed E-state index contributed by atoms with van der Waals surface area (Å²) in [6.45, 7) is 2.38. The second-order valence-corrected chi connectivity index (χ2v) is 7.08. The topological polar surface area (TPSA) is 78.9 Å². The summed E-state index contributed by atoms with van der Waals surface area (Å²) in [5.74, 6) is -0.185. The summed E-state index contributed by atoms with van der Waals surface area (Å²) in [6, 6.07) is 13.9. The fourth-order valence-electron chi connectivity index (χ4n) is 2.61. The molecular weight excluding hydrogens is 364 g/mol. The average Bonchev–Trinajstić information content (AvgIpc) is 3.07. The number of phenolic OH excluding ortho intramolecular Hbond substituents is 1. The molecular formula is C20H20N2O4S. The van der Waals surface area contributed by atoms with Gasteiger partial charge in [0.25, 0.3) is 0 Å². The first-order valence-corrected chi connectivity index (χ1v) is 9.29. The molecule has 2 aromatic carbocycles. The van der Waals surface area contributed by atoms with Crippen LogP contribution in [0, 0.1) is 0 Å². The van der Waals surface area contributed by atoms with Gasteiger partial charge in [-0.25, -0.2) is 9.59 Å². The lowest BCUT2D eigenvalue weighted by molar-refractivity contribution is 0.0532. The van der Waals surface area contributed by atoms with Crippen molar-refractivity contribution in [2.75, 3.05) is 19.0 Å². The Balaban J connectivity index is 1.71. The molecule has 0 radical (unpaired) electrons. The molecule has 6 nitrogen and oxygen atoms in total. The van der Waals surface area contributed by atoms with Crippen molar-refractivity contribution in [1.82, 2.24) is 4.90 Å². The van der Waals surface area contributed by atoms with Gasteiger partial charge in [-0.3, -0.25) is 0 Å². The minimum atomic E-state index is -0.341. The van der Waals surface area contributed by atoms with E-state index in [1.165, 1.54) is 16.2 Å². The lowest BCUT2D eigenvalue weighted by atomic mass is 10.2. The molecule has 0 atom stereocenters. The van der Waals surface area contributed by atoms with Gasteiger partial charge in [0.05, 0.1) is 13.2 Å². The van der Waals surface area contributed by atoms with Crippen LogP contribution in [0.2, 0.25) is 0 Å². The number of phenols is 1. The number of benzene rings is 2. The summed E-state index contributed by atoms with van der Waals surface area (Å²) >= 11 is 1.36. The van der Waals surface area contributed by atoms with Crippen LogP contribution in [0.4, 0.5) is 10.5 Å². The number of rotatable bonds is 5. The average molecular weight is 384 g/mol. The molecule has 0 bridgehead atoms. The monoisotopic (exact) mass is 384 g/mol. The first kappa shape index (κ1) is 18.7. The third kappa shape index (κ3) is 4.38. The van der Waals surface area contributed by atoms with Crippen molar-refractivity contribution in [3.05, 3.63) is 59.0 Å². The second-order valence-electron chi connectivity index (χ2n) is 6.00. The molecule has 27 heavy (non-hydrogen) atoms. The van der Waals surface area contributed by atoms with E-state index in [1.54, 1.807) is 44.3 Å². The zero-order valence-corrected chi connectivity index (χ0v) is 15.9. The molecule has 1 aromatic heterocycles. The van der Waals surface area contributed by atoms with Gasteiger partial charge in [0.2, 0.25) is 0 Å². The van der Waals surface area contributed by atoms with E-state index in [1.807, 2.05) is 18.2 Å². The Morgan fingerprint density at radius 1 is 1.19 bits per heavy atom. The zero-order valence-electron chi connectivity index (χ0n) is 15.1. The van der Waals surface area contributed by atoms with Crippen molar-refractivity contribution >= 4 is 39.1 Å². The third-order valence-electron chi connectivity index (χ3n) is 3.99. The smallest absolute Gasteiger partial charge is 0.348 e. The molecule has 0 saturated carbocycles. The first-order valence-electron chi connectivity index (χ1n) is 8.47. The number of carbonyl (C=O) groups excluding carboxylic acids is 2. The Labute approximate surface area is 161 Å². The first-order chi connectivity index (χ1) is 13.0. The van der Waals surface area contributed by atoms with Crippen LogP contribution in [0.25, 0.3) is 10.1 Å². The number of hydrogen-bond acceptors (Lipinski definition) is 5. The maximum Gasteiger partial charge on any atom is 0.348 e. The van der Waals surface area contributed by atoms with Gasteiger partial charge < -0.3 is 20.1 Å². The van der Waals surface area contributed by atoms with E-state index >= 15 is 0 Å².